The van der Waals surface area contributed by atoms with Crippen molar-refractivity contribution in [2.24, 2.45) is 5.90 Å². The number of nitrogens with two attached hydrogens (primary N) is 1. The van der Waals surface area contributed by atoms with Crippen LogP contribution in [0.2, 0.25) is 0 Å². The second-order valence-corrected chi connectivity index (χ2v) is 4.97. The molecule has 1 aromatic rings. The van der Waals surface area contributed by atoms with E-state index in [1.807, 2.05) is 0 Å². The highest BCUT2D eigenvalue weighted by Crippen LogP contribution is 2.30. The third kappa shape index (κ3) is 2.58. The van der Waals surface area contributed by atoms with E-state index in [2.05, 4.69) is 46.8 Å². The molecule has 84 valence electrons. The minimum absolute atomic E-state index is 0.0311. The molecule has 0 saturated carbocycles. The Kier molecular flexibility index (Phi) is 3.53. The van der Waals surface area contributed by atoms with E-state index in [0.29, 0.717) is 6.61 Å². The summed E-state index contributed by atoms with van der Waals surface area (Å²) in [6.45, 7) is 11.3. The van der Waals surface area contributed by atoms with Gasteiger partial charge in [0.2, 0.25) is 0 Å². The Hall–Kier alpha value is -0.860. The third-order valence-corrected chi connectivity index (χ3v) is 2.80. The first-order valence-corrected chi connectivity index (χ1v) is 5.28. The molecule has 0 aliphatic rings. The lowest BCUT2D eigenvalue weighted by Crippen LogP contribution is -2.28. The molecule has 2 nitrogen and oxygen atoms in total. The molecule has 2 N–H and O–H groups in total. The van der Waals surface area contributed by atoms with Crippen molar-refractivity contribution >= 4 is 0 Å². The van der Waals surface area contributed by atoms with Crippen LogP contribution in [0.15, 0.2) is 12.1 Å². The molecule has 0 aliphatic carbocycles. The molecule has 15 heavy (non-hydrogen) atoms. The molecule has 0 bridgehead atoms. The van der Waals surface area contributed by atoms with Crippen LogP contribution in [-0.2, 0) is 10.3 Å². The van der Waals surface area contributed by atoms with Crippen LogP contribution in [0.25, 0.3) is 0 Å². The molecule has 0 spiro atoms. The lowest BCUT2D eigenvalue weighted by atomic mass is 9.79. The Morgan fingerprint density at radius 2 is 1.60 bits per heavy atom. The van der Waals surface area contributed by atoms with E-state index in [1.165, 1.54) is 22.3 Å². The first kappa shape index (κ1) is 12.2. The first-order valence-electron chi connectivity index (χ1n) is 5.28. The Morgan fingerprint density at radius 1 is 1.13 bits per heavy atom. The van der Waals surface area contributed by atoms with Crippen molar-refractivity contribution in [2.45, 2.75) is 40.0 Å². The van der Waals surface area contributed by atoms with Gasteiger partial charge in [-0.15, -0.1) is 0 Å². The molecule has 0 amide bonds. The lowest BCUT2D eigenvalue weighted by Gasteiger charge is -2.28. The molecular weight excluding hydrogens is 186 g/mol. The van der Waals surface area contributed by atoms with Gasteiger partial charge in [-0.25, -0.2) is 5.90 Å². The summed E-state index contributed by atoms with van der Waals surface area (Å²) in [5.74, 6) is 5.18. The van der Waals surface area contributed by atoms with Gasteiger partial charge in [-0.2, -0.15) is 0 Å². The first-order chi connectivity index (χ1) is 6.88. The minimum atomic E-state index is -0.0311. The maximum atomic E-state index is 5.18. The van der Waals surface area contributed by atoms with Crippen LogP contribution < -0.4 is 5.90 Å². The van der Waals surface area contributed by atoms with E-state index in [-0.39, 0.29) is 5.41 Å². The van der Waals surface area contributed by atoms with E-state index < -0.39 is 0 Å². The van der Waals surface area contributed by atoms with Crippen LogP contribution in [0, 0.1) is 20.8 Å². The van der Waals surface area contributed by atoms with Gasteiger partial charge in [0.05, 0.1) is 6.61 Å². The molecule has 0 unspecified atom stereocenters. The highest BCUT2D eigenvalue weighted by molar-refractivity contribution is 5.42. The van der Waals surface area contributed by atoms with Crippen LogP contribution in [0.1, 0.15) is 36.1 Å². The van der Waals surface area contributed by atoms with Gasteiger partial charge in [0.25, 0.3) is 0 Å². The van der Waals surface area contributed by atoms with E-state index in [0.717, 1.165) is 0 Å². The summed E-state index contributed by atoms with van der Waals surface area (Å²) in [6.07, 6.45) is 0. The van der Waals surface area contributed by atoms with E-state index in [4.69, 9.17) is 10.7 Å². The van der Waals surface area contributed by atoms with Gasteiger partial charge in [0.15, 0.2) is 0 Å². The van der Waals surface area contributed by atoms with Crippen molar-refractivity contribution in [3.63, 3.8) is 0 Å². The SMILES string of the molecule is Cc1cc(C)c(C(C)(C)CON)c(C)c1. The molecular formula is C13H21NO. The molecule has 0 aromatic heterocycles. The van der Waals surface area contributed by atoms with Gasteiger partial charge in [-0.3, -0.25) is 0 Å². The molecule has 0 heterocycles. The standard InChI is InChI=1S/C13H21NO/c1-9-6-10(2)12(11(3)7-9)13(4,5)8-15-14/h6-7H,8,14H2,1-5H3. The average molecular weight is 207 g/mol. The molecule has 0 saturated heterocycles. The van der Waals surface area contributed by atoms with Crippen molar-refractivity contribution < 1.29 is 4.84 Å². The zero-order valence-electron chi connectivity index (χ0n) is 10.3. The predicted octanol–water partition coefficient (Wildman–Crippen LogP) is 2.78. The summed E-state index contributed by atoms with van der Waals surface area (Å²) in [5, 5.41) is 0. The normalized spacial score (nSPS) is 11.9. The van der Waals surface area contributed by atoms with Crippen LogP contribution in [0.5, 0.6) is 0 Å². The fraction of sp³-hybridized carbons (Fsp3) is 0.538. The Bertz CT molecular complexity index is 333. The zero-order chi connectivity index (χ0) is 11.6. The van der Waals surface area contributed by atoms with Crippen molar-refractivity contribution in [3.05, 3.63) is 34.4 Å². The summed E-state index contributed by atoms with van der Waals surface area (Å²) in [5.41, 5.74) is 5.25. The van der Waals surface area contributed by atoms with Gasteiger partial charge >= 0.3 is 0 Å². The van der Waals surface area contributed by atoms with Crippen LogP contribution >= 0.6 is 0 Å². The summed E-state index contributed by atoms with van der Waals surface area (Å²) in [4.78, 5) is 4.80. The number of hydrogen-bond acceptors (Lipinski definition) is 2. The molecule has 1 rings (SSSR count). The second kappa shape index (κ2) is 4.33. The number of benzene rings is 1. The number of rotatable bonds is 3. The van der Waals surface area contributed by atoms with Gasteiger partial charge in [-0.05, 0) is 37.5 Å². The van der Waals surface area contributed by atoms with Gasteiger partial charge < -0.3 is 4.84 Å². The van der Waals surface area contributed by atoms with E-state index >= 15 is 0 Å². The second-order valence-electron chi connectivity index (χ2n) is 4.97. The van der Waals surface area contributed by atoms with E-state index in [1.54, 1.807) is 0 Å². The lowest BCUT2D eigenvalue weighted by molar-refractivity contribution is 0.0960. The third-order valence-electron chi connectivity index (χ3n) is 2.80. The Labute approximate surface area is 92.4 Å². The number of aryl methyl sites for hydroxylation is 3. The van der Waals surface area contributed by atoms with Crippen molar-refractivity contribution in [2.75, 3.05) is 6.61 Å². The predicted molar refractivity (Wildman–Crippen MR) is 63.8 cm³/mol. The molecule has 1 aromatic carbocycles. The minimum Gasteiger partial charge on any atom is -0.304 e. The zero-order valence-corrected chi connectivity index (χ0v) is 10.3. The van der Waals surface area contributed by atoms with Crippen molar-refractivity contribution in [3.8, 4) is 0 Å². The fourth-order valence-electron chi connectivity index (χ4n) is 2.53. The van der Waals surface area contributed by atoms with Gasteiger partial charge in [0.1, 0.15) is 0 Å². The van der Waals surface area contributed by atoms with Crippen LogP contribution in [-0.4, -0.2) is 6.61 Å². The number of hydrogen-bond donors (Lipinski definition) is 1. The molecule has 0 fully saturated rings. The monoisotopic (exact) mass is 207 g/mol. The van der Waals surface area contributed by atoms with Crippen molar-refractivity contribution in [1.82, 2.24) is 0 Å². The Balaban J connectivity index is 3.24. The molecule has 2 heteroatoms. The highest BCUT2D eigenvalue weighted by Gasteiger charge is 2.24. The Morgan fingerprint density at radius 3 is 2.00 bits per heavy atom. The maximum Gasteiger partial charge on any atom is 0.0770 e. The average Bonchev–Trinajstić information content (AvgIpc) is 1.99. The van der Waals surface area contributed by atoms with Crippen LogP contribution in [0.4, 0.5) is 0 Å². The van der Waals surface area contributed by atoms with Gasteiger partial charge in [0, 0.05) is 5.41 Å². The van der Waals surface area contributed by atoms with E-state index in [9.17, 15) is 0 Å². The maximum absolute atomic E-state index is 5.18. The molecule has 0 radical (unpaired) electrons. The van der Waals surface area contributed by atoms with Crippen LogP contribution in [0.3, 0.4) is 0 Å². The quantitative estimate of drug-likeness (QED) is 0.773. The van der Waals surface area contributed by atoms with Gasteiger partial charge in [-0.1, -0.05) is 31.5 Å². The molecule has 0 atom stereocenters. The summed E-state index contributed by atoms with van der Waals surface area (Å²) >= 11 is 0. The topological polar surface area (TPSA) is 35.2 Å². The summed E-state index contributed by atoms with van der Waals surface area (Å²) in [7, 11) is 0. The highest BCUT2D eigenvalue weighted by atomic mass is 16.6. The summed E-state index contributed by atoms with van der Waals surface area (Å²) in [6, 6.07) is 4.42. The molecule has 0 aliphatic heterocycles. The summed E-state index contributed by atoms with van der Waals surface area (Å²) < 4.78 is 0. The fourth-order valence-corrected chi connectivity index (χ4v) is 2.53. The largest absolute Gasteiger partial charge is 0.304 e. The smallest absolute Gasteiger partial charge is 0.0770 e. The van der Waals surface area contributed by atoms with Crippen molar-refractivity contribution in [1.29, 1.82) is 0 Å².